The van der Waals surface area contributed by atoms with Gasteiger partial charge in [-0.25, -0.2) is 0 Å². The standard InChI is InChI=1S/C15H23N3O2/c1-12(2)17-7-6-14(11-17)10-16-9-13-4-3-5-15(8-13)18(19)20/h3-5,8,12,14,16H,6-7,9-11H2,1-2H3. The molecule has 0 aliphatic carbocycles. The zero-order valence-corrected chi connectivity index (χ0v) is 12.2. The summed E-state index contributed by atoms with van der Waals surface area (Å²) in [5.41, 5.74) is 1.13. The third-order valence-corrected chi connectivity index (χ3v) is 3.93. The molecule has 0 radical (unpaired) electrons. The van der Waals surface area contributed by atoms with Crippen molar-refractivity contribution in [3.8, 4) is 0 Å². The molecular weight excluding hydrogens is 254 g/mol. The second kappa shape index (κ2) is 6.81. The van der Waals surface area contributed by atoms with E-state index in [0.29, 0.717) is 18.5 Å². The zero-order valence-electron chi connectivity index (χ0n) is 12.2. The lowest BCUT2D eigenvalue weighted by Crippen LogP contribution is -2.30. The molecule has 0 bridgehead atoms. The summed E-state index contributed by atoms with van der Waals surface area (Å²) < 4.78 is 0. The first kappa shape index (κ1) is 14.9. The predicted molar refractivity (Wildman–Crippen MR) is 79.6 cm³/mol. The predicted octanol–water partition coefficient (Wildman–Crippen LogP) is 2.41. The van der Waals surface area contributed by atoms with E-state index in [4.69, 9.17) is 0 Å². The summed E-state index contributed by atoms with van der Waals surface area (Å²) in [6, 6.07) is 7.46. The third kappa shape index (κ3) is 4.02. The molecule has 1 aliphatic rings. The molecule has 1 unspecified atom stereocenters. The summed E-state index contributed by atoms with van der Waals surface area (Å²) in [5.74, 6) is 0.691. The number of non-ortho nitro benzene ring substituents is 1. The molecule has 1 aromatic carbocycles. The second-order valence-electron chi connectivity index (χ2n) is 5.80. The number of hydrogen-bond donors (Lipinski definition) is 1. The maximum absolute atomic E-state index is 10.7. The van der Waals surface area contributed by atoms with Crippen molar-refractivity contribution in [1.29, 1.82) is 0 Å². The second-order valence-corrected chi connectivity index (χ2v) is 5.80. The van der Waals surface area contributed by atoms with Gasteiger partial charge in [-0.15, -0.1) is 0 Å². The fourth-order valence-corrected chi connectivity index (χ4v) is 2.70. The number of likely N-dealkylation sites (tertiary alicyclic amines) is 1. The van der Waals surface area contributed by atoms with E-state index in [1.165, 1.54) is 19.0 Å². The Balaban J connectivity index is 1.76. The van der Waals surface area contributed by atoms with Crippen LogP contribution >= 0.6 is 0 Å². The molecule has 1 aromatic rings. The lowest BCUT2D eigenvalue weighted by atomic mass is 10.1. The number of nitro benzene ring substituents is 1. The highest BCUT2D eigenvalue weighted by Gasteiger charge is 2.23. The minimum atomic E-state index is -0.346. The summed E-state index contributed by atoms with van der Waals surface area (Å²) in [4.78, 5) is 12.9. The van der Waals surface area contributed by atoms with Crippen LogP contribution in [0.1, 0.15) is 25.8 Å². The Morgan fingerprint density at radius 2 is 2.30 bits per heavy atom. The Bertz CT molecular complexity index is 462. The van der Waals surface area contributed by atoms with Gasteiger partial charge in [0.2, 0.25) is 0 Å². The van der Waals surface area contributed by atoms with Crippen molar-refractivity contribution < 1.29 is 4.92 Å². The molecule has 0 aromatic heterocycles. The Hall–Kier alpha value is -1.46. The van der Waals surface area contributed by atoms with Gasteiger partial charge in [-0.05, 0) is 44.8 Å². The van der Waals surface area contributed by atoms with E-state index in [1.807, 2.05) is 6.07 Å². The average Bonchev–Trinajstić information content (AvgIpc) is 2.88. The van der Waals surface area contributed by atoms with Crippen LogP contribution in [0.2, 0.25) is 0 Å². The van der Waals surface area contributed by atoms with Crippen LogP contribution < -0.4 is 5.32 Å². The van der Waals surface area contributed by atoms with Gasteiger partial charge in [-0.3, -0.25) is 10.1 Å². The van der Waals surface area contributed by atoms with Gasteiger partial charge in [0.1, 0.15) is 0 Å². The molecule has 5 nitrogen and oxygen atoms in total. The van der Waals surface area contributed by atoms with E-state index in [-0.39, 0.29) is 10.6 Å². The lowest BCUT2D eigenvalue weighted by molar-refractivity contribution is -0.384. The van der Waals surface area contributed by atoms with Crippen LogP contribution in [0.5, 0.6) is 0 Å². The molecule has 1 aliphatic heterocycles. The van der Waals surface area contributed by atoms with Crippen LogP contribution in [0.25, 0.3) is 0 Å². The van der Waals surface area contributed by atoms with E-state index >= 15 is 0 Å². The molecule has 0 spiro atoms. The molecular formula is C15H23N3O2. The molecule has 0 amide bonds. The maximum Gasteiger partial charge on any atom is 0.269 e. The molecule has 2 rings (SSSR count). The summed E-state index contributed by atoms with van der Waals surface area (Å²) in [6.45, 7) is 8.48. The van der Waals surface area contributed by atoms with E-state index < -0.39 is 0 Å². The lowest BCUT2D eigenvalue weighted by Gasteiger charge is -2.20. The van der Waals surface area contributed by atoms with Crippen molar-refractivity contribution in [3.05, 3.63) is 39.9 Å². The van der Waals surface area contributed by atoms with Crippen LogP contribution in [0.3, 0.4) is 0 Å². The van der Waals surface area contributed by atoms with Crippen molar-refractivity contribution in [3.63, 3.8) is 0 Å². The number of nitro groups is 1. The smallest absolute Gasteiger partial charge is 0.269 e. The molecule has 1 N–H and O–H groups in total. The summed E-state index contributed by atoms with van der Waals surface area (Å²) in [7, 11) is 0. The van der Waals surface area contributed by atoms with Crippen molar-refractivity contribution in [1.82, 2.24) is 10.2 Å². The van der Waals surface area contributed by atoms with Crippen molar-refractivity contribution in [2.75, 3.05) is 19.6 Å². The highest BCUT2D eigenvalue weighted by molar-refractivity contribution is 5.34. The number of rotatable bonds is 6. The van der Waals surface area contributed by atoms with Crippen LogP contribution in [-0.2, 0) is 6.54 Å². The molecule has 5 heteroatoms. The van der Waals surface area contributed by atoms with Crippen molar-refractivity contribution in [2.24, 2.45) is 5.92 Å². The van der Waals surface area contributed by atoms with E-state index in [2.05, 4.69) is 24.1 Å². The fraction of sp³-hybridized carbons (Fsp3) is 0.600. The highest BCUT2D eigenvalue weighted by atomic mass is 16.6. The first-order chi connectivity index (χ1) is 9.56. The number of benzene rings is 1. The topological polar surface area (TPSA) is 58.4 Å². The summed E-state index contributed by atoms with van der Waals surface area (Å²) in [6.07, 6.45) is 1.24. The third-order valence-electron chi connectivity index (χ3n) is 3.93. The zero-order chi connectivity index (χ0) is 14.5. The SMILES string of the molecule is CC(C)N1CCC(CNCc2cccc([N+](=O)[O-])c2)C1. The fourth-order valence-electron chi connectivity index (χ4n) is 2.70. The minimum Gasteiger partial charge on any atom is -0.312 e. The Morgan fingerprint density at radius 1 is 1.50 bits per heavy atom. The number of nitrogens with one attached hydrogen (secondary N) is 1. The average molecular weight is 277 g/mol. The van der Waals surface area contributed by atoms with E-state index in [1.54, 1.807) is 12.1 Å². The van der Waals surface area contributed by atoms with Crippen LogP contribution in [-0.4, -0.2) is 35.5 Å². The van der Waals surface area contributed by atoms with Crippen molar-refractivity contribution >= 4 is 5.69 Å². The van der Waals surface area contributed by atoms with E-state index in [9.17, 15) is 10.1 Å². The largest absolute Gasteiger partial charge is 0.312 e. The first-order valence-corrected chi connectivity index (χ1v) is 7.24. The normalized spacial score (nSPS) is 19.6. The van der Waals surface area contributed by atoms with Crippen LogP contribution in [0.4, 0.5) is 5.69 Å². The van der Waals surface area contributed by atoms with Gasteiger partial charge in [0.25, 0.3) is 5.69 Å². The van der Waals surface area contributed by atoms with Gasteiger partial charge in [0.05, 0.1) is 4.92 Å². The number of nitrogens with zero attached hydrogens (tertiary/aromatic N) is 2. The highest BCUT2D eigenvalue weighted by Crippen LogP contribution is 2.18. The Kier molecular flexibility index (Phi) is 5.09. The molecule has 20 heavy (non-hydrogen) atoms. The van der Waals surface area contributed by atoms with Crippen molar-refractivity contribution in [2.45, 2.75) is 32.9 Å². The van der Waals surface area contributed by atoms with Gasteiger partial charge in [-0.1, -0.05) is 12.1 Å². The molecule has 1 saturated heterocycles. The molecule has 110 valence electrons. The van der Waals surface area contributed by atoms with Crippen LogP contribution in [0, 0.1) is 16.0 Å². The molecule has 1 atom stereocenters. The van der Waals surface area contributed by atoms with Gasteiger partial charge in [0, 0.05) is 31.3 Å². The Morgan fingerprint density at radius 3 is 2.95 bits per heavy atom. The van der Waals surface area contributed by atoms with Crippen LogP contribution in [0.15, 0.2) is 24.3 Å². The van der Waals surface area contributed by atoms with Gasteiger partial charge in [-0.2, -0.15) is 0 Å². The quantitative estimate of drug-likeness (QED) is 0.641. The molecule has 1 heterocycles. The van der Waals surface area contributed by atoms with E-state index in [0.717, 1.165) is 18.7 Å². The van der Waals surface area contributed by atoms with Gasteiger partial charge < -0.3 is 10.2 Å². The maximum atomic E-state index is 10.7. The first-order valence-electron chi connectivity index (χ1n) is 7.24. The summed E-state index contributed by atoms with van der Waals surface area (Å²) in [5, 5.41) is 14.1. The molecule has 0 saturated carbocycles. The summed E-state index contributed by atoms with van der Waals surface area (Å²) >= 11 is 0. The minimum absolute atomic E-state index is 0.163. The number of hydrogen-bond acceptors (Lipinski definition) is 4. The van der Waals surface area contributed by atoms with Gasteiger partial charge in [0.15, 0.2) is 0 Å². The Labute approximate surface area is 120 Å². The van der Waals surface area contributed by atoms with Gasteiger partial charge >= 0.3 is 0 Å². The monoisotopic (exact) mass is 277 g/mol. The molecule has 1 fully saturated rings.